The molecule has 0 atom stereocenters. The lowest BCUT2D eigenvalue weighted by molar-refractivity contribution is 0.415. The summed E-state index contributed by atoms with van der Waals surface area (Å²) >= 11 is 0. The highest BCUT2D eigenvalue weighted by molar-refractivity contribution is 6.00. The summed E-state index contributed by atoms with van der Waals surface area (Å²) in [5.74, 6) is 0.0874. The summed E-state index contributed by atoms with van der Waals surface area (Å²) < 4.78 is 11.1. The van der Waals surface area contributed by atoms with Gasteiger partial charge in [-0.3, -0.25) is 4.79 Å². The third-order valence-electron chi connectivity index (χ3n) is 4.51. The number of hydrogen-bond donors (Lipinski definition) is 3. The van der Waals surface area contributed by atoms with Crippen molar-refractivity contribution in [2.75, 3.05) is 7.11 Å². The summed E-state index contributed by atoms with van der Waals surface area (Å²) in [7, 11) is 1.55. The minimum atomic E-state index is -0.471. The topological polar surface area (TPSA) is 100 Å². The van der Waals surface area contributed by atoms with E-state index >= 15 is 0 Å². The summed E-state index contributed by atoms with van der Waals surface area (Å²) in [6.07, 6.45) is 0. The van der Waals surface area contributed by atoms with E-state index in [-0.39, 0.29) is 39.4 Å². The molecule has 28 heavy (non-hydrogen) atoms. The molecule has 6 heteroatoms. The smallest absolute Gasteiger partial charge is 0.197 e. The summed E-state index contributed by atoms with van der Waals surface area (Å²) in [5.41, 5.74) is 0.530. The predicted molar refractivity (Wildman–Crippen MR) is 105 cm³/mol. The highest BCUT2D eigenvalue weighted by atomic mass is 16.5. The van der Waals surface area contributed by atoms with E-state index in [4.69, 9.17) is 9.15 Å². The quantitative estimate of drug-likeness (QED) is 0.494. The zero-order valence-electron chi connectivity index (χ0n) is 14.8. The van der Waals surface area contributed by atoms with E-state index in [1.807, 2.05) is 0 Å². The van der Waals surface area contributed by atoms with E-state index in [0.29, 0.717) is 11.3 Å². The first kappa shape index (κ1) is 17.5. The zero-order chi connectivity index (χ0) is 19.8. The number of aromatic hydroxyl groups is 3. The van der Waals surface area contributed by atoms with Crippen LogP contribution < -0.4 is 10.2 Å². The fraction of sp³-hybridized carbons (Fsp3) is 0.0455. The molecule has 140 valence electrons. The number of benzene rings is 3. The van der Waals surface area contributed by atoms with Crippen LogP contribution in [0.25, 0.3) is 33.4 Å². The van der Waals surface area contributed by atoms with Gasteiger partial charge >= 0.3 is 0 Å². The van der Waals surface area contributed by atoms with Crippen molar-refractivity contribution in [3.63, 3.8) is 0 Å². The van der Waals surface area contributed by atoms with Crippen LogP contribution in [0, 0.1) is 0 Å². The molecule has 0 aliphatic carbocycles. The number of ether oxygens (including phenoxy) is 1. The number of rotatable bonds is 3. The van der Waals surface area contributed by atoms with E-state index in [0.717, 1.165) is 6.07 Å². The Hall–Kier alpha value is -3.93. The van der Waals surface area contributed by atoms with Gasteiger partial charge in [-0.25, -0.2) is 0 Å². The van der Waals surface area contributed by atoms with Crippen LogP contribution in [0.5, 0.6) is 23.0 Å². The van der Waals surface area contributed by atoms with Crippen LogP contribution in [0.3, 0.4) is 0 Å². The van der Waals surface area contributed by atoms with Crippen molar-refractivity contribution in [1.29, 1.82) is 0 Å². The van der Waals surface area contributed by atoms with Gasteiger partial charge in [-0.2, -0.15) is 0 Å². The van der Waals surface area contributed by atoms with Crippen molar-refractivity contribution in [2.45, 2.75) is 0 Å². The highest BCUT2D eigenvalue weighted by Crippen LogP contribution is 2.43. The standard InChI is InChI=1S/C22H16O6/c1-27-13-8-6-12(7-9-13)19-11-18(26)21-17(25)10-16(24)20(22(21)28-19)14-4-2-3-5-15(14)23/h2-11,23-25H,1H3. The molecule has 6 nitrogen and oxygen atoms in total. The Morgan fingerprint density at radius 3 is 2.25 bits per heavy atom. The lowest BCUT2D eigenvalue weighted by atomic mass is 9.99. The predicted octanol–water partition coefficient (Wildman–Crippen LogP) is 4.25. The number of para-hydroxylation sites is 1. The molecule has 0 bridgehead atoms. The SMILES string of the molecule is COc1ccc(-c2cc(=O)c3c(O)cc(O)c(-c4ccccc4O)c3o2)cc1. The summed E-state index contributed by atoms with van der Waals surface area (Å²) in [6.45, 7) is 0. The molecule has 3 aromatic carbocycles. The fourth-order valence-corrected chi connectivity index (χ4v) is 3.15. The molecular formula is C22H16O6. The maximum absolute atomic E-state index is 12.7. The average Bonchev–Trinajstić information content (AvgIpc) is 2.68. The molecular weight excluding hydrogens is 360 g/mol. The van der Waals surface area contributed by atoms with Gasteiger partial charge in [-0.15, -0.1) is 0 Å². The van der Waals surface area contributed by atoms with Gasteiger partial charge in [0.25, 0.3) is 0 Å². The van der Waals surface area contributed by atoms with Gasteiger partial charge in [0.15, 0.2) is 11.0 Å². The molecule has 0 amide bonds. The Bertz CT molecular complexity index is 1240. The van der Waals surface area contributed by atoms with E-state index in [1.165, 1.54) is 12.1 Å². The molecule has 1 aromatic heterocycles. The van der Waals surface area contributed by atoms with Crippen LogP contribution in [0.4, 0.5) is 0 Å². The molecule has 0 fully saturated rings. The Balaban J connectivity index is 2.06. The number of phenols is 3. The average molecular weight is 376 g/mol. The first-order chi connectivity index (χ1) is 13.5. The van der Waals surface area contributed by atoms with Crippen LogP contribution >= 0.6 is 0 Å². The van der Waals surface area contributed by atoms with Gasteiger partial charge in [0.05, 0.1) is 12.7 Å². The highest BCUT2D eigenvalue weighted by Gasteiger charge is 2.21. The van der Waals surface area contributed by atoms with Crippen molar-refractivity contribution < 1.29 is 24.5 Å². The fourth-order valence-electron chi connectivity index (χ4n) is 3.15. The first-order valence-corrected chi connectivity index (χ1v) is 8.45. The third-order valence-corrected chi connectivity index (χ3v) is 4.51. The van der Waals surface area contributed by atoms with Crippen LogP contribution in [-0.4, -0.2) is 22.4 Å². The van der Waals surface area contributed by atoms with Crippen LogP contribution in [0.2, 0.25) is 0 Å². The van der Waals surface area contributed by atoms with E-state index in [9.17, 15) is 20.1 Å². The molecule has 4 rings (SSSR count). The van der Waals surface area contributed by atoms with Crippen molar-refractivity contribution in [3.05, 3.63) is 70.9 Å². The Labute approximate surface area is 159 Å². The number of phenolic OH excluding ortho intramolecular Hbond substituents is 3. The van der Waals surface area contributed by atoms with Gasteiger partial charge in [-0.05, 0) is 30.3 Å². The van der Waals surface area contributed by atoms with E-state index in [1.54, 1.807) is 49.6 Å². The molecule has 3 N–H and O–H groups in total. The molecule has 1 heterocycles. The first-order valence-electron chi connectivity index (χ1n) is 8.45. The van der Waals surface area contributed by atoms with Crippen molar-refractivity contribution in [3.8, 4) is 45.4 Å². The number of fused-ring (bicyclic) bond motifs is 1. The molecule has 0 saturated heterocycles. The van der Waals surface area contributed by atoms with E-state index in [2.05, 4.69) is 0 Å². The van der Waals surface area contributed by atoms with Gasteiger partial charge in [0.1, 0.15) is 34.1 Å². The summed E-state index contributed by atoms with van der Waals surface area (Å²) in [6, 6.07) is 15.6. The second-order valence-electron chi connectivity index (χ2n) is 6.21. The molecule has 0 unspecified atom stereocenters. The summed E-state index contributed by atoms with van der Waals surface area (Å²) in [5, 5.41) is 30.8. The minimum absolute atomic E-state index is 0.0164. The van der Waals surface area contributed by atoms with Crippen molar-refractivity contribution in [2.24, 2.45) is 0 Å². The van der Waals surface area contributed by atoms with Crippen molar-refractivity contribution >= 4 is 11.0 Å². The molecule has 0 saturated carbocycles. The van der Waals surface area contributed by atoms with Crippen LogP contribution in [-0.2, 0) is 0 Å². The van der Waals surface area contributed by atoms with E-state index < -0.39 is 11.2 Å². The summed E-state index contributed by atoms with van der Waals surface area (Å²) in [4.78, 5) is 12.7. The maximum atomic E-state index is 12.7. The molecule has 0 spiro atoms. The van der Waals surface area contributed by atoms with Crippen LogP contribution in [0.15, 0.2) is 69.9 Å². The van der Waals surface area contributed by atoms with Crippen LogP contribution in [0.1, 0.15) is 0 Å². The lowest BCUT2D eigenvalue weighted by Crippen LogP contribution is -2.02. The van der Waals surface area contributed by atoms with Gasteiger partial charge < -0.3 is 24.5 Å². The van der Waals surface area contributed by atoms with Gasteiger partial charge in [0.2, 0.25) is 0 Å². The molecule has 0 radical (unpaired) electrons. The second kappa shape index (κ2) is 6.66. The Morgan fingerprint density at radius 1 is 0.857 bits per heavy atom. The van der Waals surface area contributed by atoms with Crippen molar-refractivity contribution in [1.82, 2.24) is 0 Å². The third kappa shape index (κ3) is 2.81. The normalized spacial score (nSPS) is 10.9. The molecule has 4 aromatic rings. The molecule has 0 aliphatic rings. The number of hydrogen-bond acceptors (Lipinski definition) is 6. The minimum Gasteiger partial charge on any atom is -0.507 e. The second-order valence-corrected chi connectivity index (χ2v) is 6.21. The largest absolute Gasteiger partial charge is 0.507 e. The lowest BCUT2D eigenvalue weighted by Gasteiger charge is -2.12. The molecule has 0 aliphatic heterocycles. The Morgan fingerprint density at radius 2 is 1.57 bits per heavy atom. The zero-order valence-corrected chi connectivity index (χ0v) is 14.8. The Kier molecular flexibility index (Phi) is 4.16. The van der Waals surface area contributed by atoms with Gasteiger partial charge in [0, 0.05) is 23.3 Å². The maximum Gasteiger partial charge on any atom is 0.197 e. The van der Waals surface area contributed by atoms with Gasteiger partial charge in [-0.1, -0.05) is 18.2 Å². The monoisotopic (exact) mass is 376 g/mol. The number of methoxy groups -OCH3 is 1.